The van der Waals surface area contributed by atoms with Crippen molar-refractivity contribution < 1.29 is 0 Å². The van der Waals surface area contributed by atoms with Gasteiger partial charge in [-0.3, -0.25) is 13.9 Å². The molecule has 0 aliphatic rings. The average Bonchev–Trinajstić information content (AvgIpc) is 3.12. The highest BCUT2D eigenvalue weighted by Gasteiger charge is 2.18. The normalized spacial score (nSPS) is 11.6. The molecule has 4 aromatic rings. The molecule has 0 atom stereocenters. The van der Waals surface area contributed by atoms with Crippen LogP contribution in [0.15, 0.2) is 33.9 Å². The van der Waals surface area contributed by atoms with E-state index in [1.54, 1.807) is 20.2 Å². The number of fused-ring (bicyclic) bond motifs is 2. The summed E-state index contributed by atoms with van der Waals surface area (Å²) in [5.41, 5.74) is 6.99. The van der Waals surface area contributed by atoms with E-state index in [1.165, 1.54) is 9.13 Å². The van der Waals surface area contributed by atoms with Gasteiger partial charge in [0, 0.05) is 35.7 Å². The van der Waals surface area contributed by atoms with Crippen molar-refractivity contribution in [1.29, 1.82) is 0 Å². The van der Waals surface area contributed by atoms with Crippen LogP contribution < -0.4 is 17.0 Å². The Kier molecular flexibility index (Phi) is 3.26. The zero-order valence-corrected chi connectivity index (χ0v) is 14.3. The molecule has 3 heterocycles. The van der Waals surface area contributed by atoms with Gasteiger partial charge in [-0.1, -0.05) is 17.7 Å². The SMILES string of the molecule is Cn1c(N)nc2c1c(=O)n(Cc1cc3c(Cl)cccc3[nH]1)c(=O)n2C. The third kappa shape index (κ3) is 2.18. The Morgan fingerprint density at radius 1 is 1.24 bits per heavy atom. The van der Waals surface area contributed by atoms with Crippen LogP contribution in [0.4, 0.5) is 5.95 Å². The Morgan fingerprint density at radius 2 is 2.00 bits per heavy atom. The molecule has 0 radical (unpaired) electrons. The maximum atomic E-state index is 12.8. The van der Waals surface area contributed by atoms with Crippen LogP contribution in [0.2, 0.25) is 5.02 Å². The third-order valence-corrected chi connectivity index (χ3v) is 4.72. The molecular weight excluding hydrogens is 344 g/mol. The number of benzene rings is 1. The Balaban J connectivity index is 1.94. The summed E-state index contributed by atoms with van der Waals surface area (Å²) < 4.78 is 3.96. The molecule has 0 aliphatic carbocycles. The summed E-state index contributed by atoms with van der Waals surface area (Å²) in [6.45, 7) is 0.0948. The van der Waals surface area contributed by atoms with Crippen LogP contribution >= 0.6 is 11.6 Å². The molecule has 4 rings (SSSR count). The number of halogens is 1. The predicted molar refractivity (Wildman–Crippen MR) is 97.0 cm³/mol. The lowest BCUT2D eigenvalue weighted by molar-refractivity contribution is 0.648. The van der Waals surface area contributed by atoms with Gasteiger partial charge in [0.1, 0.15) is 0 Å². The lowest BCUT2D eigenvalue weighted by atomic mass is 10.2. The maximum Gasteiger partial charge on any atom is 0.332 e. The Hall–Kier alpha value is -3.00. The number of hydrogen-bond acceptors (Lipinski definition) is 4. The minimum Gasteiger partial charge on any atom is -0.369 e. The second kappa shape index (κ2) is 5.25. The summed E-state index contributed by atoms with van der Waals surface area (Å²) in [6, 6.07) is 7.35. The van der Waals surface area contributed by atoms with Gasteiger partial charge in [-0.05, 0) is 18.2 Å². The number of nitrogen functional groups attached to an aromatic ring is 1. The molecule has 3 aromatic heterocycles. The lowest BCUT2D eigenvalue weighted by Gasteiger charge is -2.07. The van der Waals surface area contributed by atoms with Crippen molar-refractivity contribution in [3.05, 3.63) is 55.8 Å². The van der Waals surface area contributed by atoms with E-state index >= 15 is 0 Å². The van der Waals surface area contributed by atoms with Crippen molar-refractivity contribution in [2.45, 2.75) is 6.54 Å². The van der Waals surface area contributed by atoms with Crippen LogP contribution in [-0.2, 0) is 20.6 Å². The van der Waals surface area contributed by atoms with E-state index in [-0.39, 0.29) is 23.7 Å². The number of rotatable bonds is 2. The molecule has 0 bridgehead atoms. The molecule has 25 heavy (non-hydrogen) atoms. The number of imidazole rings is 1. The highest BCUT2D eigenvalue weighted by molar-refractivity contribution is 6.35. The van der Waals surface area contributed by atoms with E-state index in [0.717, 1.165) is 15.5 Å². The highest BCUT2D eigenvalue weighted by atomic mass is 35.5. The van der Waals surface area contributed by atoms with Gasteiger partial charge in [0.05, 0.1) is 6.54 Å². The first-order valence-corrected chi connectivity index (χ1v) is 7.94. The summed E-state index contributed by atoms with van der Waals surface area (Å²) in [4.78, 5) is 32.7. The van der Waals surface area contributed by atoms with Crippen LogP contribution in [0.5, 0.6) is 0 Å². The van der Waals surface area contributed by atoms with Gasteiger partial charge < -0.3 is 15.3 Å². The van der Waals surface area contributed by atoms with Crippen molar-refractivity contribution >= 4 is 39.6 Å². The van der Waals surface area contributed by atoms with Gasteiger partial charge in [0.25, 0.3) is 5.56 Å². The summed E-state index contributed by atoms with van der Waals surface area (Å²) in [5.74, 6) is 0.178. The summed E-state index contributed by atoms with van der Waals surface area (Å²) in [6.07, 6.45) is 0. The van der Waals surface area contributed by atoms with E-state index in [4.69, 9.17) is 17.3 Å². The molecule has 0 saturated carbocycles. The summed E-state index contributed by atoms with van der Waals surface area (Å²) in [7, 11) is 3.21. The predicted octanol–water partition coefficient (Wildman–Crippen LogP) is 1.20. The first-order valence-electron chi connectivity index (χ1n) is 7.56. The molecule has 3 N–H and O–H groups in total. The number of aryl methyl sites for hydroxylation is 2. The van der Waals surface area contributed by atoms with Gasteiger partial charge in [-0.15, -0.1) is 0 Å². The van der Waals surface area contributed by atoms with E-state index in [1.807, 2.05) is 18.2 Å². The molecule has 0 amide bonds. The standard InChI is InChI=1S/C16H15ClN6O2/c1-21-12-13(20-15(21)18)22(2)16(25)23(14(12)24)7-8-6-9-10(17)4-3-5-11(9)19-8/h3-6,19H,7H2,1-2H3,(H2,18,20). The van der Waals surface area contributed by atoms with Gasteiger partial charge >= 0.3 is 5.69 Å². The minimum absolute atomic E-state index is 0.0948. The number of hydrogen-bond donors (Lipinski definition) is 2. The second-order valence-electron chi connectivity index (χ2n) is 5.93. The van der Waals surface area contributed by atoms with E-state index < -0.39 is 11.2 Å². The first kappa shape index (κ1) is 15.5. The smallest absolute Gasteiger partial charge is 0.332 e. The molecule has 9 heteroatoms. The molecular formula is C16H15ClN6O2. The number of aromatic nitrogens is 5. The zero-order valence-electron chi connectivity index (χ0n) is 13.6. The molecule has 0 spiro atoms. The fourth-order valence-corrected chi connectivity index (χ4v) is 3.26. The highest BCUT2D eigenvalue weighted by Crippen LogP contribution is 2.24. The Morgan fingerprint density at radius 3 is 2.72 bits per heavy atom. The molecule has 128 valence electrons. The van der Waals surface area contributed by atoms with Crippen molar-refractivity contribution in [3.8, 4) is 0 Å². The van der Waals surface area contributed by atoms with Crippen molar-refractivity contribution in [2.75, 3.05) is 5.73 Å². The zero-order chi connectivity index (χ0) is 17.9. The van der Waals surface area contributed by atoms with Crippen LogP contribution in [0.1, 0.15) is 5.69 Å². The van der Waals surface area contributed by atoms with Crippen molar-refractivity contribution in [2.24, 2.45) is 14.1 Å². The van der Waals surface area contributed by atoms with Crippen LogP contribution in [0.25, 0.3) is 22.1 Å². The fourth-order valence-electron chi connectivity index (χ4n) is 3.03. The maximum absolute atomic E-state index is 12.8. The molecule has 0 saturated heterocycles. The van der Waals surface area contributed by atoms with Gasteiger partial charge in [-0.25, -0.2) is 4.79 Å². The Bertz CT molecular complexity index is 1260. The fraction of sp³-hybridized carbons (Fsp3) is 0.188. The molecule has 0 unspecified atom stereocenters. The largest absolute Gasteiger partial charge is 0.369 e. The monoisotopic (exact) mass is 358 g/mol. The minimum atomic E-state index is -0.458. The third-order valence-electron chi connectivity index (χ3n) is 4.39. The number of nitrogens with one attached hydrogen (secondary N) is 1. The first-order chi connectivity index (χ1) is 11.9. The van der Waals surface area contributed by atoms with E-state index in [0.29, 0.717) is 10.7 Å². The van der Waals surface area contributed by atoms with Crippen LogP contribution in [0, 0.1) is 0 Å². The lowest BCUT2D eigenvalue weighted by Crippen LogP contribution is -2.39. The molecule has 1 aromatic carbocycles. The average molecular weight is 359 g/mol. The topological polar surface area (TPSA) is 104 Å². The quantitative estimate of drug-likeness (QED) is 0.561. The van der Waals surface area contributed by atoms with Crippen molar-refractivity contribution in [3.63, 3.8) is 0 Å². The number of H-pyrrole nitrogens is 1. The van der Waals surface area contributed by atoms with Crippen molar-refractivity contribution in [1.82, 2.24) is 23.7 Å². The van der Waals surface area contributed by atoms with Crippen LogP contribution in [0.3, 0.4) is 0 Å². The molecule has 0 fully saturated rings. The molecule has 0 aliphatic heterocycles. The number of anilines is 1. The van der Waals surface area contributed by atoms with Gasteiger partial charge in [-0.2, -0.15) is 4.98 Å². The molecule has 8 nitrogen and oxygen atoms in total. The number of aromatic amines is 1. The summed E-state index contributed by atoms with van der Waals surface area (Å²) >= 11 is 6.18. The van der Waals surface area contributed by atoms with Gasteiger partial charge in [0.2, 0.25) is 5.95 Å². The second-order valence-corrected chi connectivity index (χ2v) is 6.34. The Labute approximate surface area is 146 Å². The van der Waals surface area contributed by atoms with E-state index in [2.05, 4.69) is 9.97 Å². The van der Waals surface area contributed by atoms with Gasteiger partial charge in [0.15, 0.2) is 11.2 Å². The number of nitrogens with two attached hydrogens (primary N) is 1. The van der Waals surface area contributed by atoms with E-state index in [9.17, 15) is 9.59 Å². The number of nitrogens with zero attached hydrogens (tertiary/aromatic N) is 4. The summed E-state index contributed by atoms with van der Waals surface area (Å²) in [5, 5.41) is 1.45. The van der Waals surface area contributed by atoms with Crippen LogP contribution in [-0.4, -0.2) is 23.7 Å².